The Morgan fingerprint density at radius 3 is 2.43 bits per heavy atom. The largest absolute Gasteiger partial charge is 0.266 e. The molecule has 0 bridgehead atoms. The Balaban J connectivity index is 2.66. The number of benzene rings is 1. The van der Waals surface area contributed by atoms with Crippen LogP contribution in [0.25, 0.3) is 11.3 Å². The van der Waals surface area contributed by atoms with Crippen LogP contribution < -0.4 is 0 Å². The van der Waals surface area contributed by atoms with Gasteiger partial charge in [0, 0.05) is 17.6 Å². The van der Waals surface area contributed by atoms with Crippen molar-refractivity contribution >= 4 is 23.2 Å². The third-order valence-electron chi connectivity index (χ3n) is 2.02. The lowest BCUT2D eigenvalue weighted by atomic mass is 10.1. The van der Waals surface area contributed by atoms with Crippen LogP contribution in [0.5, 0.6) is 0 Å². The molecule has 0 spiro atoms. The minimum absolute atomic E-state index is 0.612. The maximum absolute atomic E-state index is 6.06. The molecule has 0 aliphatic heterocycles. The molecule has 2 aromatic rings. The second kappa shape index (κ2) is 3.64. The molecule has 1 aromatic carbocycles. The maximum atomic E-state index is 6.06. The van der Waals surface area contributed by atoms with Crippen molar-refractivity contribution < 1.29 is 0 Å². The van der Waals surface area contributed by atoms with Crippen molar-refractivity contribution in [3.05, 3.63) is 40.5 Å². The van der Waals surface area contributed by atoms with E-state index in [1.165, 1.54) is 0 Å². The minimum Gasteiger partial charge on any atom is -0.266 e. The van der Waals surface area contributed by atoms with Gasteiger partial charge in [0.1, 0.15) is 0 Å². The molecule has 0 radical (unpaired) electrons. The van der Waals surface area contributed by atoms with Crippen LogP contribution in [0.4, 0.5) is 0 Å². The van der Waals surface area contributed by atoms with Gasteiger partial charge in [-0.15, -0.1) is 0 Å². The molecule has 0 amide bonds. The van der Waals surface area contributed by atoms with Gasteiger partial charge in [0.05, 0.1) is 16.9 Å². The molecule has 72 valence electrons. The lowest BCUT2D eigenvalue weighted by Gasteiger charge is -2.04. The Morgan fingerprint density at radius 1 is 1.14 bits per heavy atom. The highest BCUT2D eigenvalue weighted by molar-refractivity contribution is 6.36. The molecule has 0 atom stereocenters. The number of nitrogens with zero attached hydrogens (tertiary/aromatic N) is 2. The van der Waals surface area contributed by atoms with Gasteiger partial charge in [0.25, 0.3) is 0 Å². The summed E-state index contributed by atoms with van der Waals surface area (Å²) in [4.78, 5) is 0. The Bertz CT molecular complexity index is 443. The van der Waals surface area contributed by atoms with Crippen molar-refractivity contribution in [1.82, 2.24) is 9.78 Å². The third-order valence-corrected chi connectivity index (χ3v) is 2.63. The topological polar surface area (TPSA) is 17.8 Å². The molecule has 2 rings (SSSR count). The van der Waals surface area contributed by atoms with Crippen LogP contribution in [0.3, 0.4) is 0 Å². The average molecular weight is 227 g/mol. The van der Waals surface area contributed by atoms with Gasteiger partial charge in [-0.05, 0) is 6.07 Å². The summed E-state index contributed by atoms with van der Waals surface area (Å²) >= 11 is 12.1. The van der Waals surface area contributed by atoms with Crippen LogP contribution in [0.1, 0.15) is 0 Å². The van der Waals surface area contributed by atoms with Crippen LogP contribution in [0.2, 0.25) is 10.0 Å². The predicted molar refractivity (Wildman–Crippen MR) is 58.7 cm³/mol. The summed E-state index contributed by atoms with van der Waals surface area (Å²) in [5, 5.41) is 5.35. The summed E-state index contributed by atoms with van der Waals surface area (Å²) in [5.74, 6) is 0. The molecule has 4 heteroatoms. The SMILES string of the molecule is Cn1ncc(Cl)c1-c1ccccc1Cl. The van der Waals surface area contributed by atoms with Crippen molar-refractivity contribution in [1.29, 1.82) is 0 Å². The van der Waals surface area contributed by atoms with Crippen molar-refractivity contribution in [2.24, 2.45) is 7.05 Å². The number of halogens is 2. The molecule has 0 N–H and O–H groups in total. The molecule has 0 aliphatic carbocycles. The summed E-state index contributed by atoms with van der Waals surface area (Å²) in [6.07, 6.45) is 1.61. The quantitative estimate of drug-likeness (QED) is 0.730. The fourth-order valence-electron chi connectivity index (χ4n) is 1.37. The van der Waals surface area contributed by atoms with Crippen LogP contribution in [0, 0.1) is 0 Å². The first-order valence-electron chi connectivity index (χ1n) is 4.12. The first kappa shape index (κ1) is 9.56. The summed E-state index contributed by atoms with van der Waals surface area (Å²) < 4.78 is 1.71. The monoisotopic (exact) mass is 226 g/mol. The van der Waals surface area contributed by atoms with E-state index in [1.807, 2.05) is 31.3 Å². The number of rotatable bonds is 1. The van der Waals surface area contributed by atoms with E-state index in [-0.39, 0.29) is 0 Å². The number of hydrogen-bond acceptors (Lipinski definition) is 1. The van der Waals surface area contributed by atoms with E-state index in [1.54, 1.807) is 10.9 Å². The van der Waals surface area contributed by atoms with Crippen molar-refractivity contribution in [2.75, 3.05) is 0 Å². The lowest BCUT2D eigenvalue weighted by molar-refractivity contribution is 0.776. The first-order valence-corrected chi connectivity index (χ1v) is 4.88. The fourth-order valence-corrected chi connectivity index (χ4v) is 1.86. The zero-order valence-corrected chi connectivity index (χ0v) is 9.05. The van der Waals surface area contributed by atoms with Crippen molar-refractivity contribution in [3.8, 4) is 11.3 Å². The molecular weight excluding hydrogens is 219 g/mol. The van der Waals surface area contributed by atoms with Gasteiger partial charge in [-0.3, -0.25) is 4.68 Å². The molecule has 1 aromatic heterocycles. The number of hydrogen-bond donors (Lipinski definition) is 0. The molecule has 14 heavy (non-hydrogen) atoms. The van der Waals surface area contributed by atoms with Crippen LogP contribution in [-0.2, 0) is 7.05 Å². The zero-order valence-electron chi connectivity index (χ0n) is 7.54. The zero-order chi connectivity index (χ0) is 10.1. The Labute approximate surface area is 92.1 Å². The molecule has 2 nitrogen and oxygen atoms in total. The van der Waals surface area contributed by atoms with E-state index in [9.17, 15) is 0 Å². The fraction of sp³-hybridized carbons (Fsp3) is 0.100. The summed E-state index contributed by atoms with van der Waals surface area (Å²) in [6, 6.07) is 7.56. The van der Waals surface area contributed by atoms with Crippen molar-refractivity contribution in [3.63, 3.8) is 0 Å². The van der Waals surface area contributed by atoms with Gasteiger partial charge >= 0.3 is 0 Å². The standard InChI is InChI=1S/C10H8Cl2N2/c1-14-10(9(12)6-13-14)7-4-2-3-5-8(7)11/h2-6H,1H3. The highest BCUT2D eigenvalue weighted by Crippen LogP contribution is 2.32. The Morgan fingerprint density at radius 2 is 1.86 bits per heavy atom. The molecule has 0 saturated heterocycles. The van der Waals surface area contributed by atoms with Crippen molar-refractivity contribution in [2.45, 2.75) is 0 Å². The highest BCUT2D eigenvalue weighted by atomic mass is 35.5. The van der Waals surface area contributed by atoms with Gasteiger partial charge in [-0.1, -0.05) is 41.4 Å². The molecule has 0 fully saturated rings. The lowest BCUT2D eigenvalue weighted by Crippen LogP contribution is -1.93. The van der Waals surface area contributed by atoms with E-state index < -0.39 is 0 Å². The first-order chi connectivity index (χ1) is 6.70. The van der Waals surface area contributed by atoms with Crippen LogP contribution in [0.15, 0.2) is 30.5 Å². The highest BCUT2D eigenvalue weighted by Gasteiger charge is 2.11. The smallest absolute Gasteiger partial charge is 0.0880 e. The van der Waals surface area contributed by atoms with E-state index in [0.717, 1.165) is 11.3 Å². The van der Waals surface area contributed by atoms with E-state index in [4.69, 9.17) is 23.2 Å². The average Bonchev–Trinajstić information content (AvgIpc) is 2.48. The second-order valence-electron chi connectivity index (χ2n) is 2.94. The summed E-state index contributed by atoms with van der Waals surface area (Å²) in [5.41, 5.74) is 1.75. The normalized spacial score (nSPS) is 10.5. The van der Waals surface area contributed by atoms with Gasteiger partial charge < -0.3 is 0 Å². The van der Waals surface area contributed by atoms with E-state index >= 15 is 0 Å². The minimum atomic E-state index is 0.612. The molecule has 0 aliphatic rings. The van der Waals surface area contributed by atoms with Gasteiger partial charge in [0.15, 0.2) is 0 Å². The Hall–Kier alpha value is -0.990. The third kappa shape index (κ3) is 1.51. The number of aromatic nitrogens is 2. The van der Waals surface area contributed by atoms with Gasteiger partial charge in [-0.25, -0.2) is 0 Å². The van der Waals surface area contributed by atoms with Crippen LogP contribution in [-0.4, -0.2) is 9.78 Å². The molecular formula is C10H8Cl2N2. The van der Waals surface area contributed by atoms with Gasteiger partial charge in [0.2, 0.25) is 0 Å². The predicted octanol–water partition coefficient (Wildman–Crippen LogP) is 3.39. The van der Waals surface area contributed by atoms with E-state index in [0.29, 0.717) is 10.0 Å². The molecule has 0 saturated carbocycles. The van der Waals surface area contributed by atoms with Crippen LogP contribution >= 0.6 is 23.2 Å². The maximum Gasteiger partial charge on any atom is 0.0880 e. The number of aryl methyl sites for hydroxylation is 1. The van der Waals surface area contributed by atoms with E-state index in [2.05, 4.69) is 5.10 Å². The van der Waals surface area contributed by atoms with Gasteiger partial charge in [-0.2, -0.15) is 5.10 Å². The second-order valence-corrected chi connectivity index (χ2v) is 3.76. The summed E-state index contributed by atoms with van der Waals surface area (Å²) in [6.45, 7) is 0. The molecule has 0 unspecified atom stereocenters. The molecule has 1 heterocycles. The summed E-state index contributed by atoms with van der Waals surface area (Å²) in [7, 11) is 1.84. The Kier molecular flexibility index (Phi) is 2.48.